The number of β-lactam (4-membered cyclic amide) rings is 1. The third-order valence-electron chi connectivity index (χ3n) is 6.39. The van der Waals surface area contributed by atoms with Gasteiger partial charge in [-0.2, -0.15) is 0 Å². The van der Waals surface area contributed by atoms with Crippen LogP contribution in [0.5, 0.6) is 5.75 Å². The van der Waals surface area contributed by atoms with Gasteiger partial charge in [-0.15, -0.1) is 0 Å². The van der Waals surface area contributed by atoms with E-state index >= 15 is 0 Å². The zero-order valence-corrected chi connectivity index (χ0v) is 21.8. The van der Waals surface area contributed by atoms with Crippen LogP contribution < -0.4 is 10.1 Å². The summed E-state index contributed by atoms with van der Waals surface area (Å²) in [4.78, 5) is 40.4. The normalized spacial score (nSPS) is 20.1. The number of amides is 2. The zero-order chi connectivity index (χ0) is 27.4. The molecule has 0 unspecified atom stereocenters. The highest BCUT2D eigenvalue weighted by Crippen LogP contribution is 2.37. The van der Waals surface area contributed by atoms with Crippen molar-refractivity contribution < 1.29 is 32.8 Å². The fourth-order valence-corrected chi connectivity index (χ4v) is 6.13. The monoisotopic (exact) mass is 546 g/mol. The maximum Gasteiger partial charge on any atom is 0.359 e. The number of nitrogens with zero attached hydrogens (tertiary/aromatic N) is 1. The van der Waals surface area contributed by atoms with Crippen molar-refractivity contribution in [2.24, 2.45) is 0 Å². The number of nitrogens with one attached hydrogen (secondary N) is 1. The van der Waals surface area contributed by atoms with Gasteiger partial charge >= 0.3 is 5.97 Å². The average Bonchev–Trinajstić information content (AvgIpc) is 2.98. The van der Waals surface area contributed by atoms with Crippen molar-refractivity contribution in [3.8, 4) is 5.75 Å². The minimum Gasteiger partial charge on any atom is -0.498 e. The molecule has 0 bridgehead atoms. The van der Waals surface area contributed by atoms with Crippen molar-refractivity contribution in [3.05, 3.63) is 114 Å². The lowest BCUT2D eigenvalue weighted by Crippen LogP contribution is -2.74. The maximum absolute atomic E-state index is 13.6. The number of methoxy groups -OCH3 is 1. The molecule has 0 spiro atoms. The highest BCUT2D eigenvalue weighted by atomic mass is 32.2. The number of para-hydroxylation sites is 1. The van der Waals surface area contributed by atoms with Gasteiger partial charge in [0, 0.05) is 0 Å². The molecule has 3 atom stereocenters. The molecule has 0 aliphatic carbocycles. The van der Waals surface area contributed by atoms with Gasteiger partial charge in [0.25, 0.3) is 11.8 Å². The summed E-state index contributed by atoms with van der Waals surface area (Å²) in [6.45, 7) is -0.322. The second kappa shape index (κ2) is 11.5. The second-order valence-corrected chi connectivity index (χ2v) is 10.4. The molecule has 1 N–H and O–H groups in total. The standard InChI is InChI=1S/C29H26N2O7S/c1-36-22-18-39(35)28-24(30-23(32)17-37-21-15-9-4-10-16-21)27(33)31(28)25(22)29(34)38-26(19-11-5-2-6-12-19)20-13-7-3-8-14-20/h2-16,24,26,28H,17-18H2,1H3,(H,30,32)/t24-,28-,39-/m1/s1. The first kappa shape index (κ1) is 26.2. The molecule has 200 valence electrons. The minimum absolute atomic E-state index is 0.0833. The van der Waals surface area contributed by atoms with E-state index in [4.69, 9.17) is 14.2 Å². The van der Waals surface area contributed by atoms with Crippen molar-refractivity contribution in [2.45, 2.75) is 17.5 Å². The van der Waals surface area contributed by atoms with E-state index < -0.39 is 46.1 Å². The van der Waals surface area contributed by atoms with Gasteiger partial charge in [-0.3, -0.25) is 18.7 Å². The van der Waals surface area contributed by atoms with Crippen LogP contribution in [0.25, 0.3) is 0 Å². The number of esters is 1. The summed E-state index contributed by atoms with van der Waals surface area (Å²) in [5.74, 6) is -1.45. The summed E-state index contributed by atoms with van der Waals surface area (Å²) in [7, 11) is -0.285. The van der Waals surface area contributed by atoms with E-state index in [-0.39, 0.29) is 23.8 Å². The largest absolute Gasteiger partial charge is 0.498 e. The molecule has 39 heavy (non-hydrogen) atoms. The van der Waals surface area contributed by atoms with Crippen LogP contribution in [-0.2, 0) is 34.7 Å². The predicted molar refractivity (Wildman–Crippen MR) is 142 cm³/mol. The lowest BCUT2D eigenvalue weighted by atomic mass is 10.0. The third kappa shape index (κ3) is 5.42. The Kier molecular flexibility index (Phi) is 7.74. The Balaban J connectivity index is 1.34. The second-order valence-electron chi connectivity index (χ2n) is 8.85. The molecule has 0 saturated carbocycles. The van der Waals surface area contributed by atoms with Crippen LogP contribution in [0.4, 0.5) is 0 Å². The Hall–Kier alpha value is -4.44. The molecular weight excluding hydrogens is 520 g/mol. The fourth-order valence-electron chi connectivity index (χ4n) is 4.52. The van der Waals surface area contributed by atoms with E-state index in [1.807, 2.05) is 66.7 Å². The van der Waals surface area contributed by atoms with Gasteiger partial charge in [-0.05, 0) is 23.3 Å². The highest BCUT2D eigenvalue weighted by Gasteiger charge is 2.58. The molecule has 0 radical (unpaired) electrons. The van der Waals surface area contributed by atoms with E-state index in [9.17, 15) is 18.6 Å². The van der Waals surface area contributed by atoms with Gasteiger partial charge in [0.2, 0.25) is 0 Å². The first-order chi connectivity index (χ1) is 19.0. The highest BCUT2D eigenvalue weighted by molar-refractivity contribution is 7.86. The van der Waals surface area contributed by atoms with Gasteiger partial charge in [0.1, 0.15) is 22.9 Å². The van der Waals surface area contributed by atoms with Crippen molar-refractivity contribution in [3.63, 3.8) is 0 Å². The first-order valence-electron chi connectivity index (χ1n) is 12.2. The lowest BCUT2D eigenvalue weighted by molar-refractivity contribution is -0.155. The molecule has 0 aromatic heterocycles. The maximum atomic E-state index is 13.6. The summed E-state index contributed by atoms with van der Waals surface area (Å²) in [6, 6.07) is 26.1. The molecule has 1 saturated heterocycles. The van der Waals surface area contributed by atoms with Crippen LogP contribution in [0.2, 0.25) is 0 Å². The Bertz CT molecular complexity index is 1370. The van der Waals surface area contributed by atoms with Gasteiger partial charge in [0.15, 0.2) is 18.4 Å². The summed E-state index contributed by atoms with van der Waals surface area (Å²) in [6.07, 6.45) is -0.751. The number of fused-ring (bicyclic) bond motifs is 1. The van der Waals surface area contributed by atoms with E-state index in [0.717, 1.165) is 16.0 Å². The Labute approximate surface area is 227 Å². The van der Waals surface area contributed by atoms with Gasteiger partial charge in [-0.1, -0.05) is 78.9 Å². The third-order valence-corrected chi connectivity index (χ3v) is 7.96. The Morgan fingerprint density at radius 1 is 0.949 bits per heavy atom. The summed E-state index contributed by atoms with van der Waals surface area (Å²) >= 11 is 0. The SMILES string of the molecule is COC1=C(C(=O)OC(c2ccccc2)c2ccccc2)N2C(=O)[C@@H](NC(=O)COc3ccccc3)[C@H]2[S@](=O)C1. The van der Waals surface area contributed by atoms with Gasteiger partial charge < -0.3 is 19.5 Å². The molecule has 3 aromatic carbocycles. The molecule has 9 nitrogen and oxygen atoms in total. The van der Waals surface area contributed by atoms with Crippen molar-refractivity contribution in [1.82, 2.24) is 10.2 Å². The number of ether oxygens (including phenoxy) is 3. The molecule has 2 amide bonds. The molecule has 2 aliphatic heterocycles. The first-order valence-corrected chi connectivity index (χ1v) is 13.6. The fraction of sp³-hybridized carbons (Fsp3) is 0.207. The van der Waals surface area contributed by atoms with E-state index in [1.165, 1.54) is 7.11 Å². The van der Waals surface area contributed by atoms with Crippen molar-refractivity contribution in [2.75, 3.05) is 19.5 Å². The van der Waals surface area contributed by atoms with Gasteiger partial charge in [0.05, 0.1) is 23.7 Å². The summed E-state index contributed by atoms with van der Waals surface area (Å²) < 4.78 is 29.8. The topological polar surface area (TPSA) is 111 Å². The summed E-state index contributed by atoms with van der Waals surface area (Å²) in [5.41, 5.74) is 1.37. The van der Waals surface area contributed by atoms with E-state index in [0.29, 0.717) is 5.75 Å². The quantitative estimate of drug-likeness (QED) is 0.325. The van der Waals surface area contributed by atoms with Crippen LogP contribution in [0.3, 0.4) is 0 Å². The molecule has 3 aromatic rings. The Morgan fingerprint density at radius 2 is 1.51 bits per heavy atom. The van der Waals surface area contributed by atoms with E-state index in [1.54, 1.807) is 24.3 Å². The smallest absolute Gasteiger partial charge is 0.359 e. The summed E-state index contributed by atoms with van der Waals surface area (Å²) in [5, 5.41) is 1.65. The molecule has 2 heterocycles. The number of hydrogen-bond acceptors (Lipinski definition) is 7. The van der Waals surface area contributed by atoms with Crippen LogP contribution in [0.1, 0.15) is 17.2 Å². The number of benzene rings is 3. The lowest BCUT2D eigenvalue weighted by Gasteiger charge is -2.48. The van der Waals surface area contributed by atoms with Crippen LogP contribution in [0.15, 0.2) is 102 Å². The molecular formula is C29H26N2O7S. The van der Waals surface area contributed by atoms with Gasteiger partial charge in [-0.25, -0.2) is 4.79 Å². The van der Waals surface area contributed by atoms with Crippen molar-refractivity contribution in [1.29, 1.82) is 0 Å². The molecule has 10 heteroatoms. The van der Waals surface area contributed by atoms with Crippen LogP contribution >= 0.6 is 0 Å². The zero-order valence-electron chi connectivity index (χ0n) is 21.0. The molecule has 1 fully saturated rings. The van der Waals surface area contributed by atoms with Crippen molar-refractivity contribution >= 4 is 28.6 Å². The Morgan fingerprint density at radius 3 is 2.08 bits per heavy atom. The number of hydrogen-bond donors (Lipinski definition) is 1. The van der Waals surface area contributed by atoms with Crippen LogP contribution in [-0.4, -0.2) is 57.8 Å². The minimum atomic E-state index is -1.63. The number of carbonyl (C=O) groups is 3. The average molecular weight is 547 g/mol. The van der Waals surface area contributed by atoms with E-state index in [2.05, 4.69) is 5.32 Å². The molecule has 2 aliphatic rings. The number of carbonyl (C=O) groups excluding carboxylic acids is 3. The predicted octanol–water partition coefficient (Wildman–Crippen LogP) is 2.67. The number of rotatable bonds is 9. The molecule has 5 rings (SSSR count). The van der Waals surface area contributed by atoms with Crippen LogP contribution in [0, 0.1) is 0 Å².